The van der Waals surface area contributed by atoms with Gasteiger partial charge in [-0.3, -0.25) is 4.79 Å². The second kappa shape index (κ2) is 5.20. The van der Waals surface area contributed by atoms with Crippen LogP contribution in [-0.4, -0.2) is 28.6 Å². The van der Waals surface area contributed by atoms with Crippen LogP contribution < -0.4 is 11.1 Å². The maximum Gasteiger partial charge on any atom is 0.321 e. The van der Waals surface area contributed by atoms with E-state index in [0.717, 1.165) is 9.88 Å². The molecule has 1 rings (SSSR count). The summed E-state index contributed by atoms with van der Waals surface area (Å²) in [4.78, 5) is 15.8. The number of thiazole rings is 1. The third-order valence-corrected chi connectivity index (χ3v) is 3.07. The first-order valence-corrected chi connectivity index (χ1v) is 5.46. The first kappa shape index (κ1) is 12.1. The molecule has 1 aromatic rings. The van der Waals surface area contributed by atoms with Gasteiger partial charge in [-0.25, -0.2) is 4.98 Å². The van der Waals surface area contributed by atoms with Gasteiger partial charge in [-0.15, -0.1) is 11.3 Å². The average molecular weight is 229 g/mol. The number of aryl methyl sites for hydroxylation is 1. The van der Waals surface area contributed by atoms with Crippen molar-refractivity contribution in [1.82, 2.24) is 10.3 Å². The van der Waals surface area contributed by atoms with E-state index in [1.165, 1.54) is 0 Å². The summed E-state index contributed by atoms with van der Waals surface area (Å²) in [7, 11) is 0. The van der Waals surface area contributed by atoms with E-state index in [1.807, 2.05) is 13.8 Å². The number of nitrogens with two attached hydrogens (primary N) is 1. The topological polar surface area (TPSA) is 88.2 Å². The van der Waals surface area contributed by atoms with Crippen molar-refractivity contribution < 1.29 is 9.90 Å². The maximum atomic E-state index is 10.5. The number of carbonyl (C=O) groups is 1. The van der Waals surface area contributed by atoms with Crippen LogP contribution in [0.25, 0.3) is 0 Å². The van der Waals surface area contributed by atoms with Crippen molar-refractivity contribution in [2.75, 3.05) is 6.54 Å². The predicted molar refractivity (Wildman–Crippen MR) is 58.9 cm³/mol. The summed E-state index contributed by atoms with van der Waals surface area (Å²) >= 11 is 1.59. The molecule has 0 aliphatic carbocycles. The minimum atomic E-state index is -0.995. The lowest BCUT2D eigenvalue weighted by Crippen LogP contribution is -2.41. The summed E-state index contributed by atoms with van der Waals surface area (Å²) in [6.45, 7) is 4.17. The number of aromatic nitrogens is 1. The fourth-order valence-electron chi connectivity index (χ4n) is 1.05. The lowest BCUT2D eigenvalue weighted by molar-refractivity contribution is -0.138. The molecular weight excluding hydrogens is 214 g/mol. The van der Waals surface area contributed by atoms with Gasteiger partial charge in [0.05, 0.1) is 6.04 Å². The van der Waals surface area contributed by atoms with Gasteiger partial charge in [0, 0.05) is 17.6 Å². The van der Waals surface area contributed by atoms with Crippen LogP contribution >= 0.6 is 11.3 Å². The Kier molecular flexibility index (Phi) is 4.19. The van der Waals surface area contributed by atoms with Crippen LogP contribution in [0.15, 0.2) is 6.20 Å². The zero-order valence-electron chi connectivity index (χ0n) is 8.73. The number of hydrogen-bond acceptors (Lipinski definition) is 5. The molecule has 0 aromatic carbocycles. The SMILES string of the molecule is Cc1cnc(C(C)NCC(N)C(=O)O)s1. The summed E-state index contributed by atoms with van der Waals surface area (Å²) < 4.78 is 0. The monoisotopic (exact) mass is 229 g/mol. The van der Waals surface area contributed by atoms with Gasteiger partial charge in [0.15, 0.2) is 0 Å². The Morgan fingerprint density at radius 2 is 2.47 bits per heavy atom. The quantitative estimate of drug-likeness (QED) is 0.685. The molecule has 5 nitrogen and oxygen atoms in total. The molecule has 0 radical (unpaired) electrons. The second-order valence-corrected chi connectivity index (χ2v) is 4.65. The van der Waals surface area contributed by atoms with E-state index < -0.39 is 12.0 Å². The molecule has 0 saturated heterocycles. The van der Waals surface area contributed by atoms with Crippen molar-refractivity contribution in [3.63, 3.8) is 0 Å². The number of nitrogens with one attached hydrogen (secondary N) is 1. The number of rotatable bonds is 5. The molecule has 0 saturated carbocycles. The van der Waals surface area contributed by atoms with E-state index in [0.29, 0.717) is 0 Å². The van der Waals surface area contributed by atoms with Crippen LogP contribution in [0, 0.1) is 6.92 Å². The summed E-state index contributed by atoms with van der Waals surface area (Å²) in [6.07, 6.45) is 1.80. The Bertz CT molecular complexity index is 340. The molecule has 0 amide bonds. The van der Waals surface area contributed by atoms with Crippen LogP contribution in [0.4, 0.5) is 0 Å². The fourth-order valence-corrected chi connectivity index (χ4v) is 1.85. The zero-order chi connectivity index (χ0) is 11.4. The van der Waals surface area contributed by atoms with Gasteiger partial charge in [-0.2, -0.15) is 0 Å². The molecule has 6 heteroatoms. The minimum Gasteiger partial charge on any atom is -0.480 e. The van der Waals surface area contributed by atoms with E-state index in [4.69, 9.17) is 10.8 Å². The normalized spacial score (nSPS) is 14.9. The molecule has 2 atom stereocenters. The molecule has 0 spiro atoms. The number of aliphatic carboxylic acids is 1. The standard InChI is InChI=1S/C9H15N3O2S/c1-5-3-12-8(15-5)6(2)11-4-7(10)9(13)14/h3,6-7,11H,4,10H2,1-2H3,(H,13,14). The summed E-state index contributed by atoms with van der Waals surface area (Å²) in [5.41, 5.74) is 5.37. The van der Waals surface area contributed by atoms with Gasteiger partial charge in [0.25, 0.3) is 0 Å². The van der Waals surface area contributed by atoms with Gasteiger partial charge >= 0.3 is 5.97 Å². The smallest absolute Gasteiger partial charge is 0.321 e. The first-order chi connectivity index (χ1) is 7.00. The molecule has 2 unspecified atom stereocenters. The van der Waals surface area contributed by atoms with Crippen molar-refractivity contribution >= 4 is 17.3 Å². The van der Waals surface area contributed by atoms with Crippen molar-refractivity contribution in [1.29, 1.82) is 0 Å². The van der Waals surface area contributed by atoms with Gasteiger partial charge in [0.2, 0.25) is 0 Å². The summed E-state index contributed by atoms with van der Waals surface area (Å²) in [6, 6.07) is -0.831. The fraction of sp³-hybridized carbons (Fsp3) is 0.556. The average Bonchev–Trinajstić information content (AvgIpc) is 2.60. The Hall–Kier alpha value is -0.980. The highest BCUT2D eigenvalue weighted by Gasteiger charge is 2.14. The minimum absolute atomic E-state index is 0.0362. The Morgan fingerprint density at radius 1 is 1.80 bits per heavy atom. The number of hydrogen-bond donors (Lipinski definition) is 3. The summed E-state index contributed by atoms with van der Waals surface area (Å²) in [5, 5.41) is 12.6. The van der Waals surface area contributed by atoms with Crippen molar-refractivity contribution in [3.8, 4) is 0 Å². The number of carboxylic acid groups (broad SMARTS) is 1. The molecule has 0 bridgehead atoms. The Balaban J connectivity index is 2.43. The van der Waals surface area contributed by atoms with Crippen LogP contribution in [0.2, 0.25) is 0 Å². The lowest BCUT2D eigenvalue weighted by atomic mass is 10.3. The largest absolute Gasteiger partial charge is 0.480 e. The van der Waals surface area contributed by atoms with Crippen LogP contribution in [0.3, 0.4) is 0 Å². The molecule has 0 aliphatic heterocycles. The third-order valence-electron chi connectivity index (χ3n) is 1.97. The highest BCUT2D eigenvalue weighted by molar-refractivity contribution is 7.11. The van der Waals surface area contributed by atoms with Gasteiger partial charge in [0.1, 0.15) is 11.0 Å². The molecule has 0 aliphatic rings. The van der Waals surface area contributed by atoms with E-state index in [9.17, 15) is 4.79 Å². The molecule has 1 heterocycles. The van der Waals surface area contributed by atoms with Crippen molar-refractivity contribution in [3.05, 3.63) is 16.1 Å². The Morgan fingerprint density at radius 3 is 2.93 bits per heavy atom. The predicted octanol–water partition coefficient (Wildman–Crippen LogP) is 0.514. The molecule has 0 fully saturated rings. The van der Waals surface area contributed by atoms with E-state index in [1.54, 1.807) is 17.5 Å². The highest BCUT2D eigenvalue weighted by Crippen LogP contribution is 2.18. The maximum absolute atomic E-state index is 10.5. The van der Waals surface area contributed by atoms with Crippen molar-refractivity contribution in [2.24, 2.45) is 5.73 Å². The Labute approximate surface area is 92.3 Å². The molecule has 84 valence electrons. The van der Waals surface area contributed by atoms with E-state index >= 15 is 0 Å². The van der Waals surface area contributed by atoms with Gasteiger partial charge in [-0.05, 0) is 13.8 Å². The second-order valence-electron chi connectivity index (χ2n) is 3.38. The number of nitrogens with zero attached hydrogens (tertiary/aromatic N) is 1. The van der Waals surface area contributed by atoms with Gasteiger partial charge < -0.3 is 16.2 Å². The van der Waals surface area contributed by atoms with Gasteiger partial charge in [-0.1, -0.05) is 0 Å². The lowest BCUT2D eigenvalue weighted by Gasteiger charge is -2.13. The number of carboxylic acids is 1. The third kappa shape index (κ3) is 3.58. The van der Waals surface area contributed by atoms with E-state index in [-0.39, 0.29) is 12.6 Å². The highest BCUT2D eigenvalue weighted by atomic mass is 32.1. The molecule has 15 heavy (non-hydrogen) atoms. The molecular formula is C9H15N3O2S. The van der Waals surface area contributed by atoms with Crippen molar-refractivity contribution in [2.45, 2.75) is 25.9 Å². The zero-order valence-corrected chi connectivity index (χ0v) is 9.54. The summed E-state index contributed by atoms with van der Waals surface area (Å²) in [5.74, 6) is -0.995. The van der Waals surface area contributed by atoms with Crippen LogP contribution in [0.1, 0.15) is 22.9 Å². The first-order valence-electron chi connectivity index (χ1n) is 4.64. The van der Waals surface area contributed by atoms with E-state index in [2.05, 4.69) is 10.3 Å². The molecule has 4 N–H and O–H groups in total. The van der Waals surface area contributed by atoms with Crippen LogP contribution in [-0.2, 0) is 4.79 Å². The molecule has 1 aromatic heterocycles. The van der Waals surface area contributed by atoms with Crippen LogP contribution in [0.5, 0.6) is 0 Å².